The molecule has 0 aliphatic heterocycles. The Hall–Kier alpha value is -1.65. The predicted octanol–water partition coefficient (Wildman–Crippen LogP) is 4.02. The molecule has 102 valence electrons. The monoisotopic (exact) mass is 304 g/mol. The number of hydrogen-bond acceptors (Lipinski definition) is 3. The van der Waals surface area contributed by atoms with Gasteiger partial charge in [-0.3, -0.25) is 9.48 Å². The molecule has 5 heteroatoms. The molecule has 0 saturated carbocycles. The first-order valence-corrected chi connectivity index (χ1v) is 7.51. The highest BCUT2D eigenvalue weighted by molar-refractivity contribution is 7.17. The Morgan fingerprint density at radius 3 is 2.85 bits per heavy atom. The van der Waals surface area contributed by atoms with E-state index in [-0.39, 0.29) is 12.2 Å². The molecule has 0 saturated heterocycles. The molecule has 1 aromatic carbocycles. The third kappa shape index (κ3) is 2.15. The third-order valence-corrected chi connectivity index (χ3v) is 4.83. The Labute approximate surface area is 125 Å². The molecule has 0 amide bonds. The lowest BCUT2D eigenvalue weighted by Crippen LogP contribution is -2.07. The van der Waals surface area contributed by atoms with Crippen LogP contribution >= 0.6 is 22.9 Å². The molecular weight excluding hydrogens is 292 g/mol. The molecule has 0 bridgehead atoms. The number of halogens is 1. The van der Waals surface area contributed by atoms with Crippen molar-refractivity contribution in [2.75, 3.05) is 0 Å². The fraction of sp³-hybridized carbons (Fsp3) is 0.200. The van der Waals surface area contributed by atoms with Gasteiger partial charge in [0.1, 0.15) is 0 Å². The average Bonchev–Trinajstić information content (AvgIpc) is 2.96. The molecule has 0 aliphatic carbocycles. The molecule has 0 N–H and O–H groups in total. The number of benzene rings is 1. The Balaban J connectivity index is 1.97. The van der Waals surface area contributed by atoms with Crippen LogP contribution in [-0.4, -0.2) is 15.6 Å². The first-order chi connectivity index (χ1) is 9.58. The lowest BCUT2D eigenvalue weighted by molar-refractivity contribution is 0.0992. The van der Waals surface area contributed by atoms with Gasteiger partial charge >= 0.3 is 0 Å². The lowest BCUT2D eigenvalue weighted by atomic mass is 10.1. The topological polar surface area (TPSA) is 34.9 Å². The summed E-state index contributed by atoms with van der Waals surface area (Å²) in [6.45, 7) is 1.84. The van der Waals surface area contributed by atoms with Gasteiger partial charge in [-0.05, 0) is 13.0 Å². The van der Waals surface area contributed by atoms with Gasteiger partial charge in [-0.15, -0.1) is 11.3 Å². The van der Waals surface area contributed by atoms with Crippen molar-refractivity contribution in [1.82, 2.24) is 9.78 Å². The summed E-state index contributed by atoms with van der Waals surface area (Å²) >= 11 is 7.80. The Bertz CT molecular complexity index is 803. The molecule has 2 heterocycles. The molecule has 0 atom stereocenters. The Kier molecular flexibility index (Phi) is 3.36. The zero-order valence-electron chi connectivity index (χ0n) is 11.2. The van der Waals surface area contributed by atoms with E-state index in [9.17, 15) is 4.79 Å². The Morgan fingerprint density at radius 2 is 2.15 bits per heavy atom. The first kappa shape index (κ1) is 13.3. The molecule has 0 spiro atoms. The van der Waals surface area contributed by atoms with Crippen LogP contribution in [0.5, 0.6) is 0 Å². The second-order valence-electron chi connectivity index (χ2n) is 4.72. The van der Waals surface area contributed by atoms with Crippen LogP contribution < -0.4 is 0 Å². The standard InChI is InChI=1S/C15H13ClN2OS/c1-9-15(16)12(18(2)17-9)7-13(19)11-8-20-14-6-4-3-5-10(11)14/h3-6,8H,7H2,1-2H3. The van der Waals surface area contributed by atoms with Gasteiger partial charge in [0.25, 0.3) is 0 Å². The van der Waals surface area contributed by atoms with Crippen LogP contribution in [0.4, 0.5) is 0 Å². The van der Waals surface area contributed by atoms with Crippen LogP contribution in [0.25, 0.3) is 10.1 Å². The quantitative estimate of drug-likeness (QED) is 0.685. The maximum Gasteiger partial charge on any atom is 0.170 e. The van der Waals surface area contributed by atoms with Gasteiger partial charge in [-0.1, -0.05) is 29.8 Å². The van der Waals surface area contributed by atoms with Crippen molar-refractivity contribution in [2.24, 2.45) is 7.05 Å². The lowest BCUT2D eigenvalue weighted by Gasteiger charge is -2.02. The number of thiophene rings is 1. The van der Waals surface area contributed by atoms with Crippen LogP contribution in [-0.2, 0) is 13.5 Å². The molecule has 0 radical (unpaired) electrons. The molecule has 0 unspecified atom stereocenters. The minimum Gasteiger partial charge on any atom is -0.294 e. The van der Waals surface area contributed by atoms with E-state index < -0.39 is 0 Å². The van der Waals surface area contributed by atoms with Crippen LogP contribution in [0, 0.1) is 6.92 Å². The smallest absolute Gasteiger partial charge is 0.170 e. The number of aromatic nitrogens is 2. The number of Topliss-reactive ketones (excluding diaryl/α,β-unsaturated/α-hetero) is 1. The van der Waals surface area contributed by atoms with E-state index in [1.54, 1.807) is 16.0 Å². The largest absolute Gasteiger partial charge is 0.294 e. The summed E-state index contributed by atoms with van der Waals surface area (Å²) in [6.07, 6.45) is 0.275. The molecule has 2 aromatic heterocycles. The zero-order chi connectivity index (χ0) is 14.3. The summed E-state index contributed by atoms with van der Waals surface area (Å²) in [6, 6.07) is 7.94. The van der Waals surface area contributed by atoms with Crippen molar-refractivity contribution in [3.63, 3.8) is 0 Å². The van der Waals surface area contributed by atoms with Crippen molar-refractivity contribution in [2.45, 2.75) is 13.3 Å². The van der Waals surface area contributed by atoms with Crippen molar-refractivity contribution < 1.29 is 4.79 Å². The predicted molar refractivity (Wildman–Crippen MR) is 82.8 cm³/mol. The summed E-state index contributed by atoms with van der Waals surface area (Å²) in [4.78, 5) is 12.5. The van der Waals surface area contributed by atoms with E-state index >= 15 is 0 Å². The number of carbonyl (C=O) groups excluding carboxylic acids is 1. The second-order valence-corrected chi connectivity index (χ2v) is 6.00. The van der Waals surface area contributed by atoms with Gasteiger partial charge in [0.05, 0.1) is 22.8 Å². The highest BCUT2D eigenvalue weighted by atomic mass is 35.5. The fourth-order valence-electron chi connectivity index (χ4n) is 2.31. The second kappa shape index (κ2) is 5.04. The number of rotatable bonds is 3. The van der Waals surface area contributed by atoms with Gasteiger partial charge in [-0.2, -0.15) is 5.10 Å². The highest BCUT2D eigenvalue weighted by Crippen LogP contribution is 2.28. The van der Waals surface area contributed by atoms with Gasteiger partial charge in [-0.25, -0.2) is 0 Å². The SMILES string of the molecule is Cc1nn(C)c(CC(=O)c2csc3ccccc23)c1Cl. The highest BCUT2D eigenvalue weighted by Gasteiger charge is 2.18. The van der Waals surface area contributed by atoms with E-state index in [4.69, 9.17) is 11.6 Å². The molecular formula is C15H13ClN2OS. The van der Waals surface area contributed by atoms with Crippen molar-refractivity contribution >= 4 is 38.8 Å². The summed E-state index contributed by atoms with van der Waals surface area (Å²) in [7, 11) is 1.81. The van der Waals surface area contributed by atoms with E-state index in [0.717, 1.165) is 27.0 Å². The van der Waals surface area contributed by atoms with E-state index in [0.29, 0.717) is 5.02 Å². The normalized spacial score (nSPS) is 11.2. The molecule has 3 rings (SSSR count). The molecule has 3 nitrogen and oxygen atoms in total. The number of ketones is 1. The number of carbonyl (C=O) groups is 1. The minimum atomic E-state index is 0.0763. The zero-order valence-corrected chi connectivity index (χ0v) is 12.8. The molecule has 3 aromatic rings. The van der Waals surface area contributed by atoms with E-state index in [1.165, 1.54) is 0 Å². The van der Waals surface area contributed by atoms with Gasteiger partial charge in [0, 0.05) is 28.1 Å². The summed E-state index contributed by atoms with van der Waals surface area (Å²) in [5.74, 6) is 0.0763. The van der Waals surface area contributed by atoms with E-state index in [1.807, 2.05) is 43.6 Å². The van der Waals surface area contributed by atoms with Gasteiger partial charge in [0.2, 0.25) is 0 Å². The molecule has 0 fully saturated rings. The average molecular weight is 305 g/mol. The van der Waals surface area contributed by atoms with Crippen molar-refractivity contribution in [3.05, 3.63) is 51.6 Å². The van der Waals surface area contributed by atoms with Gasteiger partial charge in [0.15, 0.2) is 5.78 Å². The van der Waals surface area contributed by atoms with E-state index in [2.05, 4.69) is 5.10 Å². The number of nitrogens with zero attached hydrogens (tertiary/aromatic N) is 2. The molecule has 20 heavy (non-hydrogen) atoms. The van der Waals surface area contributed by atoms with Crippen molar-refractivity contribution in [3.8, 4) is 0 Å². The van der Waals surface area contributed by atoms with Gasteiger partial charge < -0.3 is 0 Å². The van der Waals surface area contributed by atoms with Crippen LogP contribution in [0.15, 0.2) is 29.6 Å². The fourth-order valence-corrected chi connectivity index (χ4v) is 3.51. The molecule has 0 aliphatic rings. The number of fused-ring (bicyclic) bond motifs is 1. The maximum absolute atomic E-state index is 12.5. The summed E-state index contributed by atoms with van der Waals surface area (Å²) in [5.41, 5.74) is 2.29. The van der Waals surface area contributed by atoms with Crippen LogP contribution in [0.3, 0.4) is 0 Å². The van der Waals surface area contributed by atoms with Crippen LogP contribution in [0.1, 0.15) is 21.7 Å². The third-order valence-electron chi connectivity index (χ3n) is 3.37. The first-order valence-electron chi connectivity index (χ1n) is 6.25. The minimum absolute atomic E-state index is 0.0763. The van der Waals surface area contributed by atoms with Crippen molar-refractivity contribution in [1.29, 1.82) is 0 Å². The summed E-state index contributed by atoms with van der Waals surface area (Å²) in [5, 5.41) is 7.76. The number of hydrogen-bond donors (Lipinski definition) is 0. The summed E-state index contributed by atoms with van der Waals surface area (Å²) < 4.78 is 2.81. The maximum atomic E-state index is 12.5. The number of aryl methyl sites for hydroxylation is 2. The Morgan fingerprint density at radius 1 is 1.40 bits per heavy atom. The van der Waals surface area contributed by atoms with Crippen LogP contribution in [0.2, 0.25) is 5.02 Å².